The fourth-order valence-corrected chi connectivity index (χ4v) is 2.34. The average Bonchev–Trinajstić information content (AvgIpc) is 2.97. The molecule has 0 saturated carbocycles. The number of hydrogen-bond acceptors (Lipinski definition) is 5. The molecular formula is C12H12N4OS. The Balaban J connectivity index is 1.68. The smallest absolute Gasteiger partial charge is 0.193 e. The van der Waals surface area contributed by atoms with Crippen molar-refractivity contribution in [2.75, 3.05) is 0 Å². The van der Waals surface area contributed by atoms with Crippen LogP contribution in [0.4, 0.5) is 0 Å². The summed E-state index contributed by atoms with van der Waals surface area (Å²) >= 11 is 1.60. The number of nitrogens with two attached hydrogens (primary N) is 1. The third kappa shape index (κ3) is 2.20. The minimum atomic E-state index is 0.442. The summed E-state index contributed by atoms with van der Waals surface area (Å²) in [7, 11) is 0. The SMILES string of the molecule is NCc1ccc(OCc2cn3ccsc3n2)cn1. The van der Waals surface area contributed by atoms with Gasteiger partial charge in [-0.1, -0.05) is 0 Å². The number of fused-ring (bicyclic) bond motifs is 1. The Bertz CT molecular complexity index is 615. The van der Waals surface area contributed by atoms with Crippen molar-refractivity contribution < 1.29 is 4.74 Å². The van der Waals surface area contributed by atoms with Gasteiger partial charge in [0.15, 0.2) is 4.96 Å². The van der Waals surface area contributed by atoms with Gasteiger partial charge >= 0.3 is 0 Å². The lowest BCUT2D eigenvalue weighted by atomic mass is 10.3. The normalized spacial score (nSPS) is 10.9. The Kier molecular flexibility index (Phi) is 2.95. The maximum Gasteiger partial charge on any atom is 0.193 e. The van der Waals surface area contributed by atoms with Crippen molar-refractivity contribution >= 4 is 16.3 Å². The summed E-state index contributed by atoms with van der Waals surface area (Å²) in [6, 6.07) is 3.73. The van der Waals surface area contributed by atoms with Crippen LogP contribution in [0.1, 0.15) is 11.4 Å². The van der Waals surface area contributed by atoms with Crippen LogP contribution in [0, 0.1) is 0 Å². The quantitative estimate of drug-likeness (QED) is 0.777. The summed E-state index contributed by atoms with van der Waals surface area (Å²) in [6.07, 6.45) is 5.63. The molecule has 0 unspecified atom stereocenters. The van der Waals surface area contributed by atoms with Crippen molar-refractivity contribution in [3.63, 3.8) is 0 Å². The summed E-state index contributed by atoms with van der Waals surface area (Å²) in [6.45, 7) is 0.885. The van der Waals surface area contributed by atoms with Gasteiger partial charge in [-0.05, 0) is 12.1 Å². The molecule has 0 aromatic carbocycles. The predicted molar refractivity (Wildman–Crippen MR) is 69.5 cm³/mol. The van der Waals surface area contributed by atoms with E-state index in [1.54, 1.807) is 17.5 Å². The molecule has 6 heteroatoms. The molecule has 0 spiro atoms. The molecule has 0 bridgehead atoms. The second-order valence-electron chi connectivity index (χ2n) is 3.80. The van der Waals surface area contributed by atoms with Crippen LogP contribution in [-0.4, -0.2) is 14.4 Å². The molecule has 3 aromatic rings. The van der Waals surface area contributed by atoms with Crippen LogP contribution >= 0.6 is 11.3 Å². The second-order valence-corrected chi connectivity index (χ2v) is 4.68. The van der Waals surface area contributed by atoms with E-state index >= 15 is 0 Å². The zero-order valence-corrected chi connectivity index (χ0v) is 10.4. The standard InChI is InChI=1S/C12H12N4OS/c13-5-9-1-2-11(6-14-9)17-8-10-7-16-3-4-18-12(16)15-10/h1-4,6-7H,5,8,13H2. The van der Waals surface area contributed by atoms with Crippen LogP contribution in [0.5, 0.6) is 5.75 Å². The van der Waals surface area contributed by atoms with E-state index in [1.807, 2.05) is 34.3 Å². The van der Waals surface area contributed by atoms with E-state index in [4.69, 9.17) is 10.5 Å². The van der Waals surface area contributed by atoms with Gasteiger partial charge < -0.3 is 10.5 Å². The number of hydrogen-bond donors (Lipinski definition) is 1. The van der Waals surface area contributed by atoms with Crippen molar-refractivity contribution in [2.24, 2.45) is 5.73 Å². The van der Waals surface area contributed by atoms with Crippen molar-refractivity contribution in [2.45, 2.75) is 13.2 Å². The molecule has 5 nitrogen and oxygen atoms in total. The minimum absolute atomic E-state index is 0.442. The zero-order chi connectivity index (χ0) is 12.4. The number of aromatic nitrogens is 3. The molecule has 3 aromatic heterocycles. The van der Waals surface area contributed by atoms with Crippen LogP contribution in [0.2, 0.25) is 0 Å². The Labute approximate surface area is 108 Å². The van der Waals surface area contributed by atoms with Gasteiger partial charge in [-0.25, -0.2) is 4.98 Å². The molecule has 2 N–H and O–H groups in total. The summed E-state index contributed by atoms with van der Waals surface area (Å²) in [4.78, 5) is 9.58. The van der Waals surface area contributed by atoms with E-state index in [-0.39, 0.29) is 0 Å². The average molecular weight is 260 g/mol. The molecule has 0 aliphatic heterocycles. The number of imidazole rings is 1. The highest BCUT2D eigenvalue weighted by atomic mass is 32.1. The van der Waals surface area contributed by atoms with Gasteiger partial charge in [0.1, 0.15) is 12.4 Å². The molecule has 0 aliphatic rings. The third-order valence-electron chi connectivity index (χ3n) is 2.54. The maximum absolute atomic E-state index is 5.62. The van der Waals surface area contributed by atoms with E-state index in [0.717, 1.165) is 22.1 Å². The van der Waals surface area contributed by atoms with E-state index in [1.165, 1.54) is 0 Å². The molecule has 0 atom stereocenters. The highest BCUT2D eigenvalue weighted by molar-refractivity contribution is 7.15. The molecule has 92 valence electrons. The van der Waals surface area contributed by atoms with E-state index in [0.29, 0.717) is 13.2 Å². The summed E-state index contributed by atoms with van der Waals surface area (Å²) in [5, 5.41) is 2.00. The summed E-state index contributed by atoms with van der Waals surface area (Å²) in [5.74, 6) is 0.726. The molecule has 0 aliphatic carbocycles. The van der Waals surface area contributed by atoms with E-state index < -0.39 is 0 Å². The first-order valence-electron chi connectivity index (χ1n) is 5.54. The molecule has 0 saturated heterocycles. The minimum Gasteiger partial charge on any atom is -0.486 e. The van der Waals surface area contributed by atoms with Gasteiger partial charge in [-0.15, -0.1) is 11.3 Å². The lowest BCUT2D eigenvalue weighted by Crippen LogP contribution is -2.00. The first-order valence-corrected chi connectivity index (χ1v) is 6.42. The number of nitrogens with zero attached hydrogens (tertiary/aromatic N) is 3. The maximum atomic E-state index is 5.62. The largest absolute Gasteiger partial charge is 0.486 e. The van der Waals surface area contributed by atoms with E-state index in [2.05, 4.69) is 9.97 Å². The van der Waals surface area contributed by atoms with Crippen molar-refractivity contribution in [3.8, 4) is 5.75 Å². The van der Waals surface area contributed by atoms with Crippen LogP contribution in [0.15, 0.2) is 36.1 Å². The topological polar surface area (TPSA) is 65.4 Å². The van der Waals surface area contributed by atoms with E-state index in [9.17, 15) is 0 Å². The van der Waals surface area contributed by atoms with Gasteiger partial charge in [-0.3, -0.25) is 9.38 Å². The van der Waals surface area contributed by atoms with Crippen LogP contribution in [0.3, 0.4) is 0 Å². The fourth-order valence-electron chi connectivity index (χ4n) is 1.62. The molecule has 3 heterocycles. The highest BCUT2D eigenvalue weighted by Gasteiger charge is 2.03. The second kappa shape index (κ2) is 4.75. The van der Waals surface area contributed by atoms with Gasteiger partial charge in [-0.2, -0.15) is 0 Å². The lowest BCUT2D eigenvalue weighted by molar-refractivity contribution is 0.300. The van der Waals surface area contributed by atoms with Crippen LogP contribution in [-0.2, 0) is 13.2 Å². The fraction of sp³-hybridized carbons (Fsp3) is 0.167. The third-order valence-corrected chi connectivity index (χ3v) is 3.31. The first kappa shape index (κ1) is 11.2. The molecule has 18 heavy (non-hydrogen) atoms. The summed E-state index contributed by atoms with van der Waals surface area (Å²) < 4.78 is 7.60. The van der Waals surface area contributed by atoms with Gasteiger partial charge in [0.2, 0.25) is 0 Å². The molecule has 3 rings (SSSR count). The molecular weight excluding hydrogens is 248 g/mol. The zero-order valence-electron chi connectivity index (χ0n) is 9.61. The molecule has 0 amide bonds. The first-order chi connectivity index (χ1) is 8.85. The summed E-state index contributed by atoms with van der Waals surface area (Å²) in [5.41, 5.74) is 7.24. The van der Waals surface area contributed by atoms with Gasteiger partial charge in [0.25, 0.3) is 0 Å². The Morgan fingerprint density at radius 1 is 1.33 bits per heavy atom. The van der Waals surface area contributed by atoms with Gasteiger partial charge in [0, 0.05) is 24.3 Å². The van der Waals surface area contributed by atoms with Crippen LogP contribution in [0.25, 0.3) is 4.96 Å². The molecule has 0 radical (unpaired) electrons. The Hall–Kier alpha value is -1.92. The molecule has 0 fully saturated rings. The van der Waals surface area contributed by atoms with Gasteiger partial charge in [0.05, 0.1) is 17.6 Å². The Morgan fingerprint density at radius 3 is 3.00 bits per heavy atom. The van der Waals surface area contributed by atoms with Crippen molar-refractivity contribution in [1.29, 1.82) is 0 Å². The Morgan fingerprint density at radius 2 is 2.28 bits per heavy atom. The number of pyridine rings is 1. The van der Waals surface area contributed by atoms with Crippen molar-refractivity contribution in [3.05, 3.63) is 47.5 Å². The number of ether oxygens (including phenoxy) is 1. The van der Waals surface area contributed by atoms with Crippen LogP contribution < -0.4 is 10.5 Å². The monoisotopic (exact) mass is 260 g/mol. The predicted octanol–water partition coefficient (Wildman–Crippen LogP) is 1.83. The lowest BCUT2D eigenvalue weighted by Gasteiger charge is -2.03. The van der Waals surface area contributed by atoms with Crippen molar-refractivity contribution in [1.82, 2.24) is 14.4 Å². The highest BCUT2D eigenvalue weighted by Crippen LogP contribution is 2.14. The number of thiazole rings is 1. The number of rotatable bonds is 4.